The van der Waals surface area contributed by atoms with E-state index in [4.69, 9.17) is 24.4 Å². The summed E-state index contributed by atoms with van der Waals surface area (Å²) in [4.78, 5) is 22.3. The average molecular weight is 654 g/mol. The van der Waals surface area contributed by atoms with Crippen molar-refractivity contribution in [2.45, 2.75) is 40.8 Å². The summed E-state index contributed by atoms with van der Waals surface area (Å²) in [6, 6.07) is 18.2. The first kappa shape index (κ1) is 40.7. The predicted octanol–water partition coefficient (Wildman–Crippen LogP) is 6.51. The standard InChI is InChI=1S/C25H27N3O3.C6H14N2.C2H6S.C2H6.CH2O/c1-3-30-17-28-24(19-10-8-18(2)9-11-19)27-23-22(12-13-26-25(23)28)20-6-4-7-21(16-20)31-15-5-14-29;1-7-3-5-8(2)6-4-7;1-3-2;2*1-2/h4,6-13,16,29H,3,5,14-15,17H2,1-2H3;3-6H2,1-2H3;1-2H3;1-2H3;1H2. The number of aliphatic hydroxyl groups is 1. The molecule has 5 rings (SSSR count). The van der Waals surface area contributed by atoms with Gasteiger partial charge in [0.15, 0.2) is 5.65 Å². The molecule has 46 heavy (non-hydrogen) atoms. The number of hydrogen-bond acceptors (Lipinski definition) is 9. The van der Waals surface area contributed by atoms with Gasteiger partial charge in [-0.3, -0.25) is 4.57 Å². The molecule has 1 aliphatic rings. The van der Waals surface area contributed by atoms with Crippen molar-refractivity contribution in [3.8, 4) is 28.3 Å². The van der Waals surface area contributed by atoms with Crippen LogP contribution >= 0.6 is 11.8 Å². The zero-order valence-electron chi connectivity index (χ0n) is 29.2. The van der Waals surface area contributed by atoms with Crippen LogP contribution in [-0.4, -0.2) is 109 Å². The first-order chi connectivity index (χ1) is 22.4. The third-order valence-electron chi connectivity index (χ3n) is 6.81. The van der Waals surface area contributed by atoms with Crippen LogP contribution < -0.4 is 4.74 Å². The molecule has 1 fully saturated rings. The third kappa shape index (κ3) is 13.2. The summed E-state index contributed by atoms with van der Waals surface area (Å²) >= 11 is 1.75. The molecule has 0 bridgehead atoms. The number of pyridine rings is 1. The highest BCUT2D eigenvalue weighted by molar-refractivity contribution is 7.97. The van der Waals surface area contributed by atoms with Gasteiger partial charge in [0.2, 0.25) is 0 Å². The van der Waals surface area contributed by atoms with E-state index < -0.39 is 0 Å². The van der Waals surface area contributed by atoms with Gasteiger partial charge in [0, 0.05) is 63.1 Å². The van der Waals surface area contributed by atoms with Crippen molar-refractivity contribution in [1.29, 1.82) is 0 Å². The van der Waals surface area contributed by atoms with E-state index in [0.717, 1.165) is 39.4 Å². The topological polar surface area (TPSA) is 93.0 Å². The molecule has 1 saturated heterocycles. The molecule has 0 radical (unpaired) electrons. The first-order valence-corrected chi connectivity index (χ1v) is 17.4. The average Bonchev–Trinajstić information content (AvgIpc) is 3.47. The van der Waals surface area contributed by atoms with Crippen molar-refractivity contribution < 1.29 is 19.4 Å². The summed E-state index contributed by atoms with van der Waals surface area (Å²) in [5.41, 5.74) is 5.83. The second-order valence-corrected chi connectivity index (χ2v) is 11.2. The van der Waals surface area contributed by atoms with Crippen molar-refractivity contribution in [3.63, 3.8) is 0 Å². The highest BCUT2D eigenvalue weighted by atomic mass is 32.2. The van der Waals surface area contributed by atoms with Crippen LogP contribution in [0.5, 0.6) is 5.75 Å². The molecule has 0 spiro atoms. The van der Waals surface area contributed by atoms with E-state index in [1.807, 2.05) is 75.0 Å². The summed E-state index contributed by atoms with van der Waals surface area (Å²) in [7, 11) is 4.35. The second-order valence-electron chi connectivity index (χ2n) is 10.4. The summed E-state index contributed by atoms with van der Waals surface area (Å²) in [6.45, 7) is 16.6. The zero-order chi connectivity index (χ0) is 34.3. The van der Waals surface area contributed by atoms with Gasteiger partial charge in [0.1, 0.15) is 30.6 Å². The number of fused-ring (bicyclic) bond motifs is 1. The van der Waals surface area contributed by atoms with E-state index in [0.29, 0.717) is 26.4 Å². The van der Waals surface area contributed by atoms with Crippen molar-refractivity contribution in [2.75, 3.05) is 72.6 Å². The minimum Gasteiger partial charge on any atom is -0.493 e. The monoisotopic (exact) mass is 653 g/mol. The van der Waals surface area contributed by atoms with Crippen molar-refractivity contribution in [2.24, 2.45) is 0 Å². The maximum atomic E-state index is 8.99. The lowest BCUT2D eigenvalue weighted by atomic mass is 10.1. The number of imidazole rings is 1. The number of benzene rings is 2. The number of carbonyl (C=O) groups is 1. The Morgan fingerprint density at radius 2 is 1.54 bits per heavy atom. The number of aryl methyl sites for hydroxylation is 1. The van der Waals surface area contributed by atoms with Crippen LogP contribution in [0, 0.1) is 6.92 Å². The molecule has 1 N–H and O–H groups in total. The normalized spacial score (nSPS) is 12.7. The largest absolute Gasteiger partial charge is 0.493 e. The SMILES string of the molecule is C=O.CC.CCOCn1c(-c2ccc(C)cc2)nc2c(-c3cccc(OCCCO)c3)ccnc21.CN1CCN(C)CC1.CSC. The molecule has 0 atom stereocenters. The Kier molecular flexibility index (Phi) is 21.2. The fourth-order valence-corrected chi connectivity index (χ4v) is 4.39. The molecule has 4 aromatic rings. The number of carbonyl (C=O) groups excluding carboxylic acids is 1. The predicted molar refractivity (Wildman–Crippen MR) is 195 cm³/mol. The van der Waals surface area contributed by atoms with Gasteiger partial charge in [-0.05, 0) is 64.2 Å². The van der Waals surface area contributed by atoms with Crippen LogP contribution in [0.2, 0.25) is 0 Å². The van der Waals surface area contributed by atoms with Gasteiger partial charge in [-0.2, -0.15) is 11.8 Å². The van der Waals surface area contributed by atoms with Gasteiger partial charge in [-0.25, -0.2) is 9.97 Å². The Bertz CT molecular complexity index is 1350. The molecule has 2 aromatic carbocycles. The number of ether oxygens (including phenoxy) is 2. The fourth-order valence-electron chi connectivity index (χ4n) is 4.39. The number of aromatic nitrogens is 3. The Hall–Kier alpha value is -3.28. The minimum atomic E-state index is 0.115. The van der Waals surface area contributed by atoms with Crippen molar-refractivity contribution in [1.82, 2.24) is 24.3 Å². The molecule has 0 aliphatic carbocycles. The Morgan fingerprint density at radius 3 is 2.11 bits per heavy atom. The van der Waals surface area contributed by atoms with Crippen molar-refractivity contribution in [3.05, 3.63) is 66.4 Å². The maximum Gasteiger partial charge on any atom is 0.162 e. The Labute approximate surface area is 280 Å². The maximum absolute atomic E-state index is 8.99. The number of rotatable bonds is 9. The Morgan fingerprint density at radius 1 is 0.935 bits per heavy atom. The van der Waals surface area contributed by atoms with Gasteiger partial charge in [0.05, 0.1) is 6.61 Å². The second kappa shape index (κ2) is 24.0. The fraction of sp³-hybridized carbons (Fsp3) is 0.472. The molecule has 1 aliphatic heterocycles. The molecule has 0 amide bonds. The number of piperazine rings is 1. The summed E-state index contributed by atoms with van der Waals surface area (Å²) < 4.78 is 13.5. The van der Waals surface area contributed by atoms with E-state index in [-0.39, 0.29) is 6.61 Å². The minimum absolute atomic E-state index is 0.115. The number of nitrogens with zero attached hydrogens (tertiary/aromatic N) is 5. The van der Waals surface area contributed by atoms with Crippen LogP contribution in [0.25, 0.3) is 33.7 Å². The number of aliphatic hydroxyl groups excluding tert-OH is 1. The number of hydrogen-bond donors (Lipinski definition) is 1. The zero-order valence-corrected chi connectivity index (χ0v) is 30.0. The first-order valence-electron chi connectivity index (χ1n) is 15.8. The molecule has 254 valence electrons. The van der Waals surface area contributed by atoms with Gasteiger partial charge in [-0.1, -0.05) is 55.8 Å². The third-order valence-corrected chi connectivity index (χ3v) is 6.81. The van der Waals surface area contributed by atoms with Crippen LogP contribution in [0.1, 0.15) is 32.8 Å². The van der Waals surface area contributed by atoms with Gasteiger partial charge in [0.25, 0.3) is 0 Å². The Balaban J connectivity index is 0.000000591. The molecule has 3 heterocycles. The van der Waals surface area contributed by atoms with Crippen LogP contribution in [0.15, 0.2) is 60.8 Å². The van der Waals surface area contributed by atoms with Crippen LogP contribution in [-0.2, 0) is 16.3 Å². The molecule has 0 unspecified atom stereocenters. The van der Waals surface area contributed by atoms with E-state index in [9.17, 15) is 0 Å². The van der Waals surface area contributed by atoms with E-state index in [1.165, 1.54) is 31.7 Å². The number of thioether (sulfide) groups is 1. The van der Waals surface area contributed by atoms with E-state index >= 15 is 0 Å². The quantitative estimate of drug-likeness (QED) is 0.203. The highest BCUT2D eigenvalue weighted by Crippen LogP contribution is 2.32. The van der Waals surface area contributed by atoms with E-state index in [2.05, 4.69) is 60.1 Å². The molecule has 10 heteroatoms. The number of likely N-dealkylation sites (N-methyl/N-ethyl adjacent to an activating group) is 2. The lowest BCUT2D eigenvalue weighted by molar-refractivity contribution is -0.0980. The summed E-state index contributed by atoms with van der Waals surface area (Å²) in [5.74, 6) is 1.60. The van der Waals surface area contributed by atoms with Crippen molar-refractivity contribution >= 4 is 29.7 Å². The van der Waals surface area contributed by atoms with Crippen LogP contribution in [0.4, 0.5) is 0 Å². The lowest BCUT2D eigenvalue weighted by Crippen LogP contribution is -2.42. The molecular weight excluding hydrogens is 598 g/mol. The smallest absolute Gasteiger partial charge is 0.162 e. The van der Waals surface area contributed by atoms with E-state index in [1.54, 1.807) is 18.0 Å². The molecular formula is C36H55N5O4S. The molecule has 9 nitrogen and oxygen atoms in total. The molecule has 2 aromatic heterocycles. The lowest BCUT2D eigenvalue weighted by Gasteiger charge is -2.28. The van der Waals surface area contributed by atoms with Gasteiger partial charge >= 0.3 is 0 Å². The van der Waals surface area contributed by atoms with Gasteiger partial charge in [-0.15, -0.1) is 0 Å². The van der Waals surface area contributed by atoms with Crippen LogP contribution in [0.3, 0.4) is 0 Å². The molecule has 0 saturated carbocycles. The summed E-state index contributed by atoms with van der Waals surface area (Å²) in [6.07, 6.45) is 6.49. The highest BCUT2D eigenvalue weighted by Gasteiger charge is 2.17. The summed E-state index contributed by atoms with van der Waals surface area (Å²) in [5, 5.41) is 8.99. The van der Waals surface area contributed by atoms with Gasteiger partial charge < -0.3 is 29.2 Å².